The van der Waals surface area contributed by atoms with Gasteiger partial charge in [-0.15, -0.1) is 0 Å². The molecule has 0 aliphatic heterocycles. The maximum atomic E-state index is 11.2. The van der Waals surface area contributed by atoms with Gasteiger partial charge in [0.05, 0.1) is 12.8 Å². The van der Waals surface area contributed by atoms with Gasteiger partial charge in [0.25, 0.3) is 0 Å². The summed E-state index contributed by atoms with van der Waals surface area (Å²) in [5, 5.41) is 2.63. The van der Waals surface area contributed by atoms with Crippen molar-refractivity contribution >= 4 is 11.8 Å². The van der Waals surface area contributed by atoms with Gasteiger partial charge in [-0.2, -0.15) is 0 Å². The zero-order valence-corrected chi connectivity index (χ0v) is 10.5. The Bertz CT molecular complexity index is 624. The lowest BCUT2D eigenvalue weighted by Crippen LogP contribution is -2.11. The highest BCUT2D eigenvalue weighted by atomic mass is 16.5. The van der Waals surface area contributed by atoms with Gasteiger partial charge in [0.15, 0.2) is 0 Å². The first-order valence-electron chi connectivity index (χ1n) is 5.80. The number of hydrogen-bond donors (Lipinski definition) is 1. The minimum atomic E-state index is -0.506. The van der Waals surface area contributed by atoms with E-state index < -0.39 is 6.09 Å². The van der Waals surface area contributed by atoms with Crippen LogP contribution in [0.5, 0.6) is 0 Å². The first kappa shape index (κ1) is 12.7. The molecule has 0 spiro atoms. The fourth-order valence-electron chi connectivity index (χ4n) is 1.52. The molecular weight excluding hydrogens is 238 g/mol. The largest absolute Gasteiger partial charge is 0.453 e. The van der Waals surface area contributed by atoms with Crippen molar-refractivity contribution in [1.29, 1.82) is 0 Å². The molecule has 0 aliphatic rings. The molecule has 0 fully saturated rings. The molecule has 0 aromatic heterocycles. The van der Waals surface area contributed by atoms with Gasteiger partial charge in [0.1, 0.15) is 0 Å². The van der Waals surface area contributed by atoms with E-state index in [-0.39, 0.29) is 0 Å². The van der Waals surface area contributed by atoms with E-state index in [0.717, 1.165) is 11.1 Å². The Morgan fingerprint density at radius 3 is 2.42 bits per heavy atom. The molecule has 3 heteroatoms. The number of ether oxygens (including phenoxy) is 1. The summed E-state index contributed by atoms with van der Waals surface area (Å²) in [5.41, 5.74) is 2.31. The quantitative estimate of drug-likeness (QED) is 0.790. The van der Waals surface area contributed by atoms with Gasteiger partial charge in [-0.1, -0.05) is 42.2 Å². The van der Waals surface area contributed by atoms with Crippen LogP contribution in [-0.2, 0) is 4.74 Å². The summed E-state index contributed by atoms with van der Waals surface area (Å²) in [6.45, 7) is 0. The van der Waals surface area contributed by atoms with Crippen LogP contribution in [0.2, 0.25) is 0 Å². The maximum absolute atomic E-state index is 11.2. The van der Waals surface area contributed by atoms with E-state index in [9.17, 15) is 4.79 Å². The number of rotatable bonds is 1. The SMILES string of the molecule is COC(=O)Nc1ccccc1C#Cc1ccccc1. The Labute approximate surface area is 112 Å². The van der Waals surface area contributed by atoms with Gasteiger partial charge in [0.2, 0.25) is 0 Å². The van der Waals surface area contributed by atoms with Gasteiger partial charge >= 0.3 is 6.09 Å². The predicted molar refractivity (Wildman–Crippen MR) is 74.9 cm³/mol. The van der Waals surface area contributed by atoms with Crippen LogP contribution in [0.3, 0.4) is 0 Å². The molecule has 1 N–H and O–H groups in total. The minimum absolute atomic E-state index is 0.506. The van der Waals surface area contributed by atoms with E-state index in [1.54, 1.807) is 6.07 Å². The Kier molecular flexibility index (Phi) is 4.20. The lowest BCUT2D eigenvalue weighted by Gasteiger charge is -2.05. The van der Waals surface area contributed by atoms with Crippen molar-refractivity contribution in [1.82, 2.24) is 0 Å². The van der Waals surface area contributed by atoms with Crippen molar-refractivity contribution in [2.24, 2.45) is 0 Å². The van der Waals surface area contributed by atoms with E-state index >= 15 is 0 Å². The number of carbonyl (C=O) groups is 1. The second-order valence-corrected chi connectivity index (χ2v) is 3.78. The van der Waals surface area contributed by atoms with E-state index in [1.807, 2.05) is 48.5 Å². The molecule has 0 saturated carbocycles. The van der Waals surface area contributed by atoms with Crippen LogP contribution >= 0.6 is 0 Å². The number of nitrogens with one attached hydrogen (secondary N) is 1. The highest BCUT2D eigenvalue weighted by molar-refractivity contribution is 5.86. The third-order valence-corrected chi connectivity index (χ3v) is 2.46. The first-order valence-corrected chi connectivity index (χ1v) is 5.80. The van der Waals surface area contributed by atoms with E-state index in [1.165, 1.54) is 7.11 Å². The summed E-state index contributed by atoms with van der Waals surface area (Å²) in [6, 6.07) is 17.0. The van der Waals surface area contributed by atoms with Gasteiger partial charge in [-0.25, -0.2) is 4.79 Å². The summed E-state index contributed by atoms with van der Waals surface area (Å²) < 4.78 is 4.57. The molecule has 1 amide bonds. The number of amides is 1. The second-order valence-electron chi connectivity index (χ2n) is 3.78. The number of hydrogen-bond acceptors (Lipinski definition) is 2. The number of benzene rings is 2. The van der Waals surface area contributed by atoms with Crippen molar-refractivity contribution < 1.29 is 9.53 Å². The number of anilines is 1. The lowest BCUT2D eigenvalue weighted by molar-refractivity contribution is 0.187. The zero-order valence-electron chi connectivity index (χ0n) is 10.5. The summed E-state index contributed by atoms with van der Waals surface area (Å²) in [5.74, 6) is 6.09. The molecular formula is C16H13NO2. The van der Waals surface area contributed by atoms with E-state index in [2.05, 4.69) is 21.9 Å². The molecule has 2 rings (SSSR count). The van der Waals surface area contributed by atoms with Crippen molar-refractivity contribution in [3.8, 4) is 11.8 Å². The molecule has 0 heterocycles. The van der Waals surface area contributed by atoms with Gasteiger partial charge in [-0.3, -0.25) is 5.32 Å². The molecule has 0 unspecified atom stereocenters. The molecule has 0 radical (unpaired) electrons. The summed E-state index contributed by atoms with van der Waals surface area (Å²) in [4.78, 5) is 11.2. The fourth-order valence-corrected chi connectivity index (χ4v) is 1.52. The Balaban J connectivity index is 2.26. The molecule has 0 saturated heterocycles. The highest BCUT2D eigenvalue weighted by Gasteiger charge is 2.03. The zero-order chi connectivity index (χ0) is 13.5. The third-order valence-electron chi connectivity index (χ3n) is 2.46. The summed E-state index contributed by atoms with van der Waals surface area (Å²) >= 11 is 0. The Morgan fingerprint density at radius 2 is 1.68 bits per heavy atom. The first-order chi connectivity index (χ1) is 9.29. The van der Waals surface area contributed by atoms with Crippen molar-refractivity contribution in [2.75, 3.05) is 12.4 Å². The van der Waals surface area contributed by atoms with Crippen molar-refractivity contribution in [2.45, 2.75) is 0 Å². The standard InChI is InChI=1S/C16H13NO2/c1-19-16(18)17-15-10-6-5-9-14(15)12-11-13-7-3-2-4-8-13/h2-10H,1H3,(H,17,18). The summed E-state index contributed by atoms with van der Waals surface area (Å²) in [7, 11) is 1.33. The molecule has 2 aromatic rings. The van der Waals surface area contributed by atoms with Gasteiger partial charge < -0.3 is 4.74 Å². The normalized spacial score (nSPS) is 9.11. The highest BCUT2D eigenvalue weighted by Crippen LogP contribution is 2.14. The van der Waals surface area contributed by atoms with Crippen LogP contribution in [0.4, 0.5) is 10.5 Å². The minimum Gasteiger partial charge on any atom is -0.453 e. The fraction of sp³-hybridized carbons (Fsp3) is 0.0625. The molecule has 0 atom stereocenters. The van der Waals surface area contributed by atoms with Gasteiger partial charge in [-0.05, 0) is 24.3 Å². The Morgan fingerprint density at radius 1 is 1.00 bits per heavy atom. The maximum Gasteiger partial charge on any atom is 0.411 e. The topological polar surface area (TPSA) is 38.3 Å². The number of para-hydroxylation sites is 1. The third kappa shape index (κ3) is 3.62. The average Bonchev–Trinajstić information content (AvgIpc) is 2.47. The number of carbonyl (C=O) groups excluding carboxylic acids is 1. The average molecular weight is 251 g/mol. The van der Waals surface area contributed by atoms with Crippen LogP contribution in [-0.4, -0.2) is 13.2 Å². The molecule has 19 heavy (non-hydrogen) atoms. The van der Waals surface area contributed by atoms with Crippen LogP contribution < -0.4 is 5.32 Å². The van der Waals surface area contributed by atoms with Crippen LogP contribution in [0, 0.1) is 11.8 Å². The van der Waals surface area contributed by atoms with Crippen LogP contribution in [0.1, 0.15) is 11.1 Å². The molecule has 94 valence electrons. The monoisotopic (exact) mass is 251 g/mol. The lowest BCUT2D eigenvalue weighted by atomic mass is 10.1. The molecule has 2 aromatic carbocycles. The van der Waals surface area contributed by atoms with Gasteiger partial charge in [0, 0.05) is 11.1 Å². The van der Waals surface area contributed by atoms with Crippen molar-refractivity contribution in [3.63, 3.8) is 0 Å². The van der Waals surface area contributed by atoms with E-state index in [4.69, 9.17) is 0 Å². The molecule has 0 bridgehead atoms. The van der Waals surface area contributed by atoms with Crippen molar-refractivity contribution in [3.05, 3.63) is 65.7 Å². The summed E-state index contributed by atoms with van der Waals surface area (Å²) in [6.07, 6.45) is -0.506. The van der Waals surface area contributed by atoms with Crippen LogP contribution in [0.25, 0.3) is 0 Å². The van der Waals surface area contributed by atoms with E-state index in [0.29, 0.717) is 5.69 Å². The molecule has 3 nitrogen and oxygen atoms in total. The smallest absolute Gasteiger partial charge is 0.411 e. The molecule has 0 aliphatic carbocycles. The predicted octanol–water partition coefficient (Wildman–Crippen LogP) is 3.26. The van der Waals surface area contributed by atoms with Crippen LogP contribution in [0.15, 0.2) is 54.6 Å². The Hall–Kier alpha value is -2.73. The second kappa shape index (κ2) is 6.27. The number of methoxy groups -OCH3 is 1.